The maximum Gasteiger partial charge on any atom is 0.237 e. The number of amides is 1. The number of likely N-dealkylation sites (N-methyl/N-ethyl adjacent to an activating group) is 1. The monoisotopic (exact) mass is 395 g/mol. The molecule has 29 heavy (non-hydrogen) atoms. The fourth-order valence-electron chi connectivity index (χ4n) is 3.34. The van der Waals surface area contributed by atoms with E-state index in [1.807, 2.05) is 62.5 Å². The van der Waals surface area contributed by atoms with Crippen molar-refractivity contribution in [2.45, 2.75) is 32.4 Å². The molecule has 0 aliphatic carbocycles. The summed E-state index contributed by atoms with van der Waals surface area (Å²) in [4.78, 5) is 15.6. The molecule has 6 nitrogen and oxygen atoms in total. The number of aryl methyl sites for hydroxylation is 2. The molecular formula is C23H29N3O3. The van der Waals surface area contributed by atoms with E-state index in [4.69, 9.17) is 4.74 Å². The zero-order valence-corrected chi connectivity index (χ0v) is 17.2. The Morgan fingerprint density at radius 3 is 2.79 bits per heavy atom. The quantitative estimate of drug-likeness (QED) is 0.448. The molecule has 6 heteroatoms. The van der Waals surface area contributed by atoms with Gasteiger partial charge in [-0.05, 0) is 49.1 Å². The fourth-order valence-corrected chi connectivity index (χ4v) is 3.34. The predicted octanol–water partition coefficient (Wildman–Crippen LogP) is 2.47. The van der Waals surface area contributed by atoms with E-state index in [1.165, 1.54) is 0 Å². The molecule has 0 fully saturated rings. The third-order valence-corrected chi connectivity index (χ3v) is 5.04. The minimum atomic E-state index is -0.731. The molecule has 0 saturated carbocycles. The van der Waals surface area contributed by atoms with Gasteiger partial charge in [0.1, 0.15) is 18.5 Å². The number of carbonyl (C=O) groups is 1. The van der Waals surface area contributed by atoms with Gasteiger partial charge in [-0.25, -0.2) is 0 Å². The molecule has 0 radical (unpaired) electrons. The molecule has 4 N–H and O–H groups in total. The molecule has 0 spiro atoms. The van der Waals surface area contributed by atoms with Crippen molar-refractivity contribution in [2.75, 3.05) is 20.2 Å². The molecule has 154 valence electrons. The van der Waals surface area contributed by atoms with Crippen molar-refractivity contribution >= 4 is 16.8 Å². The van der Waals surface area contributed by atoms with Gasteiger partial charge < -0.3 is 25.5 Å². The summed E-state index contributed by atoms with van der Waals surface area (Å²) < 4.78 is 5.77. The van der Waals surface area contributed by atoms with Crippen LogP contribution in [0.4, 0.5) is 0 Å². The van der Waals surface area contributed by atoms with E-state index >= 15 is 0 Å². The largest absolute Gasteiger partial charge is 0.491 e. The van der Waals surface area contributed by atoms with Crippen LogP contribution in [0.2, 0.25) is 0 Å². The van der Waals surface area contributed by atoms with Crippen LogP contribution in [0.5, 0.6) is 5.75 Å². The molecule has 0 saturated heterocycles. The summed E-state index contributed by atoms with van der Waals surface area (Å²) in [5.74, 6) is 0.656. The van der Waals surface area contributed by atoms with E-state index in [0.29, 0.717) is 6.42 Å². The van der Waals surface area contributed by atoms with Crippen molar-refractivity contribution < 1.29 is 14.6 Å². The van der Waals surface area contributed by atoms with Gasteiger partial charge in [-0.1, -0.05) is 30.3 Å². The van der Waals surface area contributed by atoms with E-state index < -0.39 is 12.1 Å². The fraction of sp³-hybridized carbons (Fsp3) is 0.348. The summed E-state index contributed by atoms with van der Waals surface area (Å²) >= 11 is 0. The van der Waals surface area contributed by atoms with Crippen molar-refractivity contribution in [3.8, 4) is 5.75 Å². The first-order valence-corrected chi connectivity index (χ1v) is 9.86. The number of aliphatic hydroxyl groups is 1. The van der Waals surface area contributed by atoms with Gasteiger partial charge in [0.25, 0.3) is 0 Å². The van der Waals surface area contributed by atoms with Crippen LogP contribution >= 0.6 is 0 Å². The Hall–Kier alpha value is -2.83. The number of nitrogens with one attached hydrogen (secondary N) is 3. The van der Waals surface area contributed by atoms with Gasteiger partial charge in [0.2, 0.25) is 5.91 Å². The van der Waals surface area contributed by atoms with Crippen molar-refractivity contribution in [3.05, 3.63) is 65.4 Å². The Bertz CT molecular complexity index is 967. The van der Waals surface area contributed by atoms with E-state index in [9.17, 15) is 9.90 Å². The van der Waals surface area contributed by atoms with Crippen LogP contribution in [-0.4, -0.2) is 48.3 Å². The van der Waals surface area contributed by atoms with Crippen molar-refractivity contribution in [1.29, 1.82) is 0 Å². The Morgan fingerprint density at radius 2 is 2.00 bits per heavy atom. The lowest BCUT2D eigenvalue weighted by molar-refractivity contribution is -0.122. The molecule has 0 aliphatic heterocycles. The van der Waals surface area contributed by atoms with Gasteiger partial charge >= 0.3 is 0 Å². The topological polar surface area (TPSA) is 86.4 Å². The summed E-state index contributed by atoms with van der Waals surface area (Å²) in [6.45, 7) is 4.39. The number of aromatic amines is 1. The lowest BCUT2D eigenvalue weighted by atomic mass is 10.0. The summed E-state index contributed by atoms with van der Waals surface area (Å²) in [5.41, 5.74) is 4.23. The van der Waals surface area contributed by atoms with Gasteiger partial charge in [-0.2, -0.15) is 0 Å². The van der Waals surface area contributed by atoms with Crippen LogP contribution in [0.15, 0.2) is 48.7 Å². The molecule has 1 amide bonds. The van der Waals surface area contributed by atoms with Crippen molar-refractivity contribution in [3.63, 3.8) is 0 Å². The highest BCUT2D eigenvalue weighted by Crippen LogP contribution is 2.20. The number of para-hydroxylation sites is 1. The van der Waals surface area contributed by atoms with Crippen molar-refractivity contribution in [2.24, 2.45) is 0 Å². The number of benzene rings is 2. The minimum Gasteiger partial charge on any atom is -0.491 e. The highest BCUT2D eigenvalue weighted by Gasteiger charge is 2.20. The predicted molar refractivity (Wildman–Crippen MR) is 115 cm³/mol. The Balaban J connectivity index is 1.58. The second kappa shape index (κ2) is 9.58. The Kier molecular flexibility index (Phi) is 6.90. The van der Waals surface area contributed by atoms with E-state index in [1.54, 1.807) is 7.05 Å². The zero-order valence-electron chi connectivity index (χ0n) is 17.2. The van der Waals surface area contributed by atoms with Gasteiger partial charge in [0.15, 0.2) is 0 Å². The van der Waals surface area contributed by atoms with Gasteiger partial charge in [0, 0.05) is 30.7 Å². The highest BCUT2D eigenvalue weighted by atomic mass is 16.5. The summed E-state index contributed by atoms with van der Waals surface area (Å²) in [6.07, 6.45) is 1.72. The van der Waals surface area contributed by atoms with Crippen LogP contribution in [0, 0.1) is 13.8 Å². The first-order chi connectivity index (χ1) is 14.0. The molecule has 0 aliphatic rings. The summed E-state index contributed by atoms with van der Waals surface area (Å²) in [6, 6.07) is 13.5. The number of H-pyrrole nitrogens is 1. The van der Waals surface area contributed by atoms with Crippen LogP contribution in [0.1, 0.15) is 16.7 Å². The molecule has 1 unspecified atom stereocenters. The lowest BCUT2D eigenvalue weighted by Crippen LogP contribution is -2.47. The molecule has 1 aromatic heterocycles. The average Bonchev–Trinajstić information content (AvgIpc) is 3.14. The SMILES string of the molecule is CNC(=O)[C@H](Cc1c[nH]c2ccccc12)NCC(O)COc1cc(C)ccc1C. The number of ether oxygens (including phenoxy) is 1. The smallest absolute Gasteiger partial charge is 0.237 e. The molecule has 3 aromatic rings. The summed E-state index contributed by atoms with van der Waals surface area (Å²) in [5, 5.41) is 17.3. The van der Waals surface area contributed by atoms with E-state index in [2.05, 4.69) is 15.6 Å². The Morgan fingerprint density at radius 1 is 1.21 bits per heavy atom. The van der Waals surface area contributed by atoms with Gasteiger partial charge in [-0.15, -0.1) is 0 Å². The number of hydrogen-bond acceptors (Lipinski definition) is 4. The van der Waals surface area contributed by atoms with E-state index in [-0.39, 0.29) is 19.1 Å². The number of hydrogen-bond donors (Lipinski definition) is 4. The molecular weight excluding hydrogens is 366 g/mol. The minimum absolute atomic E-state index is 0.113. The molecule has 0 bridgehead atoms. The zero-order chi connectivity index (χ0) is 20.8. The normalized spacial score (nSPS) is 13.2. The number of rotatable bonds is 9. The first kappa shape index (κ1) is 20.9. The lowest BCUT2D eigenvalue weighted by Gasteiger charge is -2.20. The number of carbonyl (C=O) groups excluding carboxylic acids is 1. The first-order valence-electron chi connectivity index (χ1n) is 9.86. The maximum absolute atomic E-state index is 12.4. The summed E-state index contributed by atoms with van der Waals surface area (Å²) in [7, 11) is 1.62. The average molecular weight is 396 g/mol. The Labute approximate surface area is 171 Å². The molecule has 2 atom stereocenters. The maximum atomic E-state index is 12.4. The number of aliphatic hydroxyl groups excluding tert-OH is 1. The molecule has 1 heterocycles. The second-order valence-corrected chi connectivity index (χ2v) is 7.37. The van der Waals surface area contributed by atoms with Gasteiger partial charge in [0.05, 0.1) is 6.04 Å². The van der Waals surface area contributed by atoms with Crippen LogP contribution < -0.4 is 15.4 Å². The standard InChI is InChI=1S/C23H29N3O3/c1-15-8-9-16(2)22(10-15)29-14-18(27)13-26-21(23(28)24-3)11-17-12-25-20-7-5-4-6-19(17)20/h4-10,12,18,21,25-27H,11,13-14H2,1-3H3,(H,24,28)/t18?,21-/m0/s1. The van der Waals surface area contributed by atoms with Crippen LogP contribution in [-0.2, 0) is 11.2 Å². The molecule has 3 rings (SSSR count). The third-order valence-electron chi connectivity index (χ3n) is 5.04. The number of fused-ring (bicyclic) bond motifs is 1. The highest BCUT2D eigenvalue weighted by molar-refractivity contribution is 5.86. The number of aromatic nitrogens is 1. The molecule has 2 aromatic carbocycles. The van der Waals surface area contributed by atoms with E-state index in [0.717, 1.165) is 33.3 Å². The second-order valence-electron chi connectivity index (χ2n) is 7.37. The van der Waals surface area contributed by atoms with Crippen LogP contribution in [0.25, 0.3) is 10.9 Å². The third kappa shape index (κ3) is 5.37. The van der Waals surface area contributed by atoms with Crippen molar-refractivity contribution in [1.82, 2.24) is 15.6 Å². The van der Waals surface area contributed by atoms with Crippen LogP contribution in [0.3, 0.4) is 0 Å². The van der Waals surface area contributed by atoms with Gasteiger partial charge in [-0.3, -0.25) is 4.79 Å².